The molecule has 0 saturated heterocycles. The van der Waals surface area contributed by atoms with Gasteiger partial charge in [0.1, 0.15) is 11.5 Å². The molecular formula is C10H10N4O4. The molecule has 0 radical (unpaired) electrons. The predicted octanol–water partition coefficient (Wildman–Crippen LogP) is 0.477. The monoisotopic (exact) mass is 250 g/mol. The first-order valence-corrected chi connectivity index (χ1v) is 4.89. The van der Waals surface area contributed by atoms with Gasteiger partial charge in [0, 0.05) is 11.6 Å². The molecule has 8 nitrogen and oxygen atoms in total. The summed E-state index contributed by atoms with van der Waals surface area (Å²) in [6.45, 7) is 0. The third-order valence-electron chi connectivity index (χ3n) is 2.04. The van der Waals surface area contributed by atoms with E-state index in [4.69, 9.17) is 4.74 Å². The molecule has 0 bridgehead atoms. The van der Waals surface area contributed by atoms with Crippen molar-refractivity contribution >= 4 is 11.9 Å². The van der Waals surface area contributed by atoms with E-state index in [2.05, 4.69) is 20.5 Å². The summed E-state index contributed by atoms with van der Waals surface area (Å²) >= 11 is 0. The molecule has 0 fully saturated rings. The van der Waals surface area contributed by atoms with Gasteiger partial charge < -0.3 is 14.9 Å². The maximum absolute atomic E-state index is 11.8. The number of phenols is 2. The number of aromatic nitrogens is 3. The van der Waals surface area contributed by atoms with Crippen LogP contribution in [0.3, 0.4) is 0 Å². The van der Waals surface area contributed by atoms with Gasteiger partial charge in [-0.25, -0.2) is 5.10 Å². The zero-order valence-corrected chi connectivity index (χ0v) is 9.34. The van der Waals surface area contributed by atoms with Crippen LogP contribution in [-0.2, 0) is 0 Å². The Bertz CT molecular complexity index is 561. The van der Waals surface area contributed by atoms with Crippen molar-refractivity contribution in [1.29, 1.82) is 0 Å². The minimum Gasteiger partial charge on any atom is -0.508 e. The first-order chi connectivity index (χ1) is 8.58. The van der Waals surface area contributed by atoms with Gasteiger partial charge in [-0.05, 0) is 12.1 Å². The third-order valence-corrected chi connectivity index (χ3v) is 2.04. The standard InChI is InChI=1S/C10H10N4O4/c1-18-10-12-9(13-14-10)11-8(17)5-2-6(15)4-7(16)3-5/h2-4,15-16H,1H3,(H2,11,12,13,14,17). The van der Waals surface area contributed by atoms with Crippen LogP contribution >= 0.6 is 0 Å². The Kier molecular flexibility index (Phi) is 3.00. The van der Waals surface area contributed by atoms with E-state index in [1.165, 1.54) is 19.2 Å². The summed E-state index contributed by atoms with van der Waals surface area (Å²) in [7, 11) is 1.39. The SMILES string of the molecule is COc1n[nH]c(NC(=O)c2cc(O)cc(O)c2)n1. The van der Waals surface area contributed by atoms with Crippen LogP contribution in [0.15, 0.2) is 18.2 Å². The number of aromatic amines is 1. The zero-order chi connectivity index (χ0) is 13.1. The number of aromatic hydroxyl groups is 2. The highest BCUT2D eigenvalue weighted by Crippen LogP contribution is 2.20. The van der Waals surface area contributed by atoms with E-state index in [9.17, 15) is 15.0 Å². The zero-order valence-electron chi connectivity index (χ0n) is 9.34. The number of benzene rings is 1. The summed E-state index contributed by atoms with van der Waals surface area (Å²) in [5.74, 6) is -0.884. The van der Waals surface area contributed by atoms with Gasteiger partial charge in [-0.15, -0.1) is 5.10 Å². The molecule has 0 aliphatic rings. The van der Waals surface area contributed by atoms with E-state index in [1.54, 1.807) is 0 Å². The van der Waals surface area contributed by atoms with Crippen molar-refractivity contribution in [1.82, 2.24) is 15.2 Å². The molecule has 0 saturated carbocycles. The number of carbonyl (C=O) groups excluding carboxylic acids is 1. The summed E-state index contributed by atoms with van der Waals surface area (Å²) in [5.41, 5.74) is 0.0860. The number of ether oxygens (including phenoxy) is 1. The van der Waals surface area contributed by atoms with Crippen LogP contribution in [-0.4, -0.2) is 38.4 Å². The highest BCUT2D eigenvalue weighted by atomic mass is 16.5. The van der Waals surface area contributed by atoms with Crippen LogP contribution in [0, 0.1) is 0 Å². The molecule has 0 spiro atoms. The van der Waals surface area contributed by atoms with Gasteiger partial charge in [-0.2, -0.15) is 4.98 Å². The highest BCUT2D eigenvalue weighted by molar-refractivity contribution is 6.03. The summed E-state index contributed by atoms with van der Waals surface area (Å²) in [5, 5.41) is 27.0. The number of H-pyrrole nitrogens is 1. The second-order valence-corrected chi connectivity index (χ2v) is 3.36. The maximum atomic E-state index is 11.8. The fourth-order valence-corrected chi connectivity index (χ4v) is 1.30. The predicted molar refractivity (Wildman–Crippen MR) is 60.7 cm³/mol. The van der Waals surface area contributed by atoms with Crippen LogP contribution in [0.25, 0.3) is 0 Å². The molecule has 4 N–H and O–H groups in total. The van der Waals surface area contributed by atoms with Gasteiger partial charge >= 0.3 is 6.01 Å². The molecule has 1 amide bonds. The molecule has 1 aromatic carbocycles. The fourth-order valence-electron chi connectivity index (χ4n) is 1.30. The molecular weight excluding hydrogens is 240 g/mol. The summed E-state index contributed by atoms with van der Waals surface area (Å²) in [4.78, 5) is 15.5. The molecule has 0 atom stereocenters. The van der Waals surface area contributed by atoms with Gasteiger partial charge in [0.25, 0.3) is 5.91 Å². The highest BCUT2D eigenvalue weighted by Gasteiger charge is 2.11. The van der Waals surface area contributed by atoms with Crippen LogP contribution in [0.4, 0.5) is 5.95 Å². The Morgan fingerprint density at radius 2 is 2.00 bits per heavy atom. The van der Waals surface area contributed by atoms with Gasteiger partial charge in [0.15, 0.2) is 0 Å². The third kappa shape index (κ3) is 2.48. The van der Waals surface area contributed by atoms with E-state index in [0.29, 0.717) is 0 Å². The molecule has 2 rings (SSSR count). The normalized spacial score (nSPS) is 10.1. The smallest absolute Gasteiger partial charge is 0.336 e. The lowest BCUT2D eigenvalue weighted by Crippen LogP contribution is -2.12. The van der Waals surface area contributed by atoms with Crippen molar-refractivity contribution < 1.29 is 19.7 Å². The van der Waals surface area contributed by atoms with Gasteiger partial charge in [-0.3, -0.25) is 10.1 Å². The summed E-state index contributed by atoms with van der Waals surface area (Å²) in [6.07, 6.45) is 0. The number of methoxy groups -OCH3 is 1. The Morgan fingerprint density at radius 3 is 2.56 bits per heavy atom. The van der Waals surface area contributed by atoms with Crippen molar-refractivity contribution in [3.63, 3.8) is 0 Å². The molecule has 0 aliphatic carbocycles. The summed E-state index contributed by atoms with van der Waals surface area (Å²) in [6, 6.07) is 3.63. The first-order valence-electron chi connectivity index (χ1n) is 4.89. The number of carbonyl (C=O) groups is 1. The molecule has 1 heterocycles. The van der Waals surface area contributed by atoms with Crippen LogP contribution in [0.2, 0.25) is 0 Å². The second-order valence-electron chi connectivity index (χ2n) is 3.36. The largest absolute Gasteiger partial charge is 0.508 e. The molecule has 0 unspecified atom stereocenters. The Morgan fingerprint density at radius 1 is 1.33 bits per heavy atom. The first kappa shape index (κ1) is 11.7. The van der Waals surface area contributed by atoms with Crippen LogP contribution in [0.5, 0.6) is 17.5 Å². The number of hydrogen-bond acceptors (Lipinski definition) is 6. The van der Waals surface area contributed by atoms with E-state index >= 15 is 0 Å². The minimum atomic E-state index is -0.556. The topological polar surface area (TPSA) is 120 Å². The number of anilines is 1. The van der Waals surface area contributed by atoms with E-state index in [0.717, 1.165) is 6.07 Å². The fraction of sp³-hybridized carbons (Fsp3) is 0.100. The average molecular weight is 250 g/mol. The average Bonchev–Trinajstić information content (AvgIpc) is 2.75. The van der Waals surface area contributed by atoms with E-state index < -0.39 is 5.91 Å². The van der Waals surface area contributed by atoms with Crippen LogP contribution in [0.1, 0.15) is 10.4 Å². The van der Waals surface area contributed by atoms with E-state index in [-0.39, 0.29) is 29.0 Å². The summed E-state index contributed by atoms with van der Waals surface area (Å²) < 4.78 is 4.74. The lowest BCUT2D eigenvalue weighted by molar-refractivity contribution is 0.102. The maximum Gasteiger partial charge on any atom is 0.336 e. The quantitative estimate of drug-likeness (QED) is 0.628. The Labute approximate surface area is 101 Å². The number of phenolic OH excluding ortho intramolecular Hbond substituents is 2. The van der Waals surface area contributed by atoms with Crippen molar-refractivity contribution in [3.8, 4) is 17.5 Å². The minimum absolute atomic E-state index is 0.0860. The lowest BCUT2D eigenvalue weighted by Gasteiger charge is -2.03. The Balaban J connectivity index is 2.16. The molecule has 2 aromatic rings. The molecule has 0 aliphatic heterocycles. The number of nitrogens with one attached hydrogen (secondary N) is 2. The molecule has 18 heavy (non-hydrogen) atoms. The van der Waals surface area contributed by atoms with Crippen LogP contribution < -0.4 is 10.1 Å². The Hall–Kier alpha value is -2.77. The molecule has 94 valence electrons. The van der Waals surface area contributed by atoms with Gasteiger partial charge in [-0.1, -0.05) is 0 Å². The van der Waals surface area contributed by atoms with E-state index in [1.807, 2.05) is 0 Å². The van der Waals surface area contributed by atoms with Crippen molar-refractivity contribution in [2.45, 2.75) is 0 Å². The van der Waals surface area contributed by atoms with Gasteiger partial charge in [0.05, 0.1) is 7.11 Å². The number of nitrogens with zero attached hydrogens (tertiary/aromatic N) is 2. The molecule has 8 heteroatoms. The number of hydrogen-bond donors (Lipinski definition) is 4. The lowest BCUT2D eigenvalue weighted by atomic mass is 10.2. The van der Waals surface area contributed by atoms with Gasteiger partial charge in [0.2, 0.25) is 5.95 Å². The van der Waals surface area contributed by atoms with Crippen molar-refractivity contribution in [2.75, 3.05) is 12.4 Å². The molecule has 1 aromatic heterocycles. The number of amides is 1. The van der Waals surface area contributed by atoms with Crippen molar-refractivity contribution in [3.05, 3.63) is 23.8 Å². The van der Waals surface area contributed by atoms with Crippen molar-refractivity contribution in [2.24, 2.45) is 0 Å². The second kappa shape index (κ2) is 4.62. The number of rotatable bonds is 3.